The highest BCUT2D eigenvalue weighted by molar-refractivity contribution is 6.35. The summed E-state index contributed by atoms with van der Waals surface area (Å²) < 4.78 is 0. The van der Waals surface area contributed by atoms with Gasteiger partial charge in [-0.1, -0.05) is 30.9 Å². The van der Waals surface area contributed by atoms with Gasteiger partial charge in [-0.15, -0.1) is 0 Å². The van der Waals surface area contributed by atoms with E-state index in [0.717, 1.165) is 29.4 Å². The Labute approximate surface area is 136 Å². The molecule has 0 unspecified atom stereocenters. The number of halogens is 1. The van der Waals surface area contributed by atoms with Crippen molar-refractivity contribution in [1.82, 2.24) is 4.98 Å². The summed E-state index contributed by atoms with van der Waals surface area (Å²) in [5.41, 5.74) is 2.50. The number of carbonyl (C=O) groups excluding carboxylic acids is 1. The van der Waals surface area contributed by atoms with E-state index in [1.165, 1.54) is 19.3 Å². The van der Waals surface area contributed by atoms with Crippen LogP contribution < -0.4 is 5.32 Å². The minimum Gasteiger partial charge on any atom is -0.324 e. The minimum atomic E-state index is 0.0573. The fraction of sp³-hybridized carbons (Fsp3) is 0.444. The lowest BCUT2D eigenvalue weighted by Crippen LogP contribution is -2.18. The van der Waals surface area contributed by atoms with Crippen LogP contribution in [0, 0.1) is 12.8 Å². The number of aryl methyl sites for hydroxylation is 1. The minimum absolute atomic E-state index is 0.0573. The van der Waals surface area contributed by atoms with Crippen LogP contribution in [0.4, 0.5) is 5.69 Å². The molecular weight excluding hydrogens is 296 g/mol. The SMILES string of the molecule is Cc1ccc2c(NC(=O)CC3CCCCC3)c(Cl)ccc2n1. The molecule has 3 rings (SSSR count). The number of hydrogen-bond acceptors (Lipinski definition) is 2. The molecule has 0 saturated heterocycles. The first kappa shape index (κ1) is 15.3. The Morgan fingerprint density at radius 1 is 1.23 bits per heavy atom. The molecule has 0 radical (unpaired) electrons. The number of benzene rings is 1. The summed E-state index contributed by atoms with van der Waals surface area (Å²) in [7, 11) is 0. The van der Waals surface area contributed by atoms with E-state index in [1.54, 1.807) is 6.07 Å². The van der Waals surface area contributed by atoms with E-state index in [9.17, 15) is 4.79 Å². The Morgan fingerprint density at radius 3 is 2.77 bits per heavy atom. The first-order chi connectivity index (χ1) is 10.6. The van der Waals surface area contributed by atoms with E-state index in [2.05, 4.69) is 10.3 Å². The summed E-state index contributed by atoms with van der Waals surface area (Å²) in [4.78, 5) is 16.8. The van der Waals surface area contributed by atoms with Gasteiger partial charge in [0.25, 0.3) is 0 Å². The third-order valence-corrected chi connectivity index (χ3v) is 4.74. The van der Waals surface area contributed by atoms with Crippen LogP contribution in [0.15, 0.2) is 24.3 Å². The second-order valence-corrected chi connectivity index (χ2v) is 6.61. The predicted molar refractivity (Wildman–Crippen MR) is 91.3 cm³/mol. The zero-order chi connectivity index (χ0) is 15.5. The van der Waals surface area contributed by atoms with Crippen LogP contribution in [-0.4, -0.2) is 10.9 Å². The van der Waals surface area contributed by atoms with E-state index in [-0.39, 0.29) is 5.91 Å². The number of rotatable bonds is 3. The van der Waals surface area contributed by atoms with E-state index in [1.807, 2.05) is 25.1 Å². The van der Waals surface area contributed by atoms with Crippen LogP contribution in [0.25, 0.3) is 10.9 Å². The molecule has 1 saturated carbocycles. The molecule has 0 spiro atoms. The number of nitrogens with one attached hydrogen (secondary N) is 1. The molecule has 3 nitrogen and oxygen atoms in total. The highest BCUT2D eigenvalue weighted by atomic mass is 35.5. The molecule has 1 aliphatic carbocycles. The van der Waals surface area contributed by atoms with Gasteiger partial charge in [0.1, 0.15) is 0 Å². The van der Waals surface area contributed by atoms with Crippen molar-refractivity contribution in [2.75, 3.05) is 5.32 Å². The number of hydrogen-bond donors (Lipinski definition) is 1. The van der Waals surface area contributed by atoms with Crippen LogP contribution in [0.1, 0.15) is 44.2 Å². The van der Waals surface area contributed by atoms with Crippen molar-refractivity contribution in [3.8, 4) is 0 Å². The van der Waals surface area contributed by atoms with Crippen LogP contribution >= 0.6 is 11.6 Å². The van der Waals surface area contributed by atoms with Crippen molar-refractivity contribution in [1.29, 1.82) is 0 Å². The van der Waals surface area contributed by atoms with Crippen LogP contribution in [0.2, 0.25) is 5.02 Å². The van der Waals surface area contributed by atoms with E-state index >= 15 is 0 Å². The van der Waals surface area contributed by atoms with Crippen molar-refractivity contribution in [3.63, 3.8) is 0 Å². The molecule has 0 aliphatic heterocycles. The molecule has 1 amide bonds. The first-order valence-corrected chi connectivity index (χ1v) is 8.37. The summed E-state index contributed by atoms with van der Waals surface area (Å²) >= 11 is 6.29. The number of anilines is 1. The molecule has 116 valence electrons. The Balaban J connectivity index is 1.80. The quantitative estimate of drug-likeness (QED) is 0.855. The van der Waals surface area contributed by atoms with Gasteiger partial charge >= 0.3 is 0 Å². The molecule has 0 atom stereocenters. The lowest BCUT2D eigenvalue weighted by Gasteiger charge is -2.21. The highest BCUT2D eigenvalue weighted by Gasteiger charge is 2.18. The second-order valence-electron chi connectivity index (χ2n) is 6.20. The van der Waals surface area contributed by atoms with Gasteiger partial charge in [0.15, 0.2) is 0 Å². The lowest BCUT2D eigenvalue weighted by molar-refractivity contribution is -0.117. The zero-order valence-electron chi connectivity index (χ0n) is 12.9. The van der Waals surface area contributed by atoms with E-state index < -0.39 is 0 Å². The average molecular weight is 317 g/mol. The number of carbonyl (C=O) groups is 1. The van der Waals surface area contributed by atoms with Crippen LogP contribution in [-0.2, 0) is 4.79 Å². The fourth-order valence-electron chi connectivity index (χ4n) is 3.25. The van der Waals surface area contributed by atoms with Crippen molar-refractivity contribution in [2.24, 2.45) is 5.92 Å². The molecule has 1 aromatic heterocycles. The normalized spacial score (nSPS) is 15.9. The number of aromatic nitrogens is 1. The highest BCUT2D eigenvalue weighted by Crippen LogP contribution is 2.32. The van der Waals surface area contributed by atoms with Crippen LogP contribution in [0.3, 0.4) is 0 Å². The Kier molecular flexibility index (Phi) is 4.63. The standard InChI is InChI=1S/C18H21ClN2O/c1-12-7-8-14-16(20-12)10-9-15(19)18(14)21-17(22)11-13-5-3-2-4-6-13/h7-10,13H,2-6,11H2,1H3,(H,21,22). The topological polar surface area (TPSA) is 42.0 Å². The monoisotopic (exact) mass is 316 g/mol. The molecule has 1 aromatic carbocycles. The molecule has 4 heteroatoms. The predicted octanol–water partition coefficient (Wildman–Crippen LogP) is 5.11. The van der Waals surface area contributed by atoms with Gasteiger partial charge < -0.3 is 5.32 Å². The number of fused-ring (bicyclic) bond motifs is 1. The Hall–Kier alpha value is -1.61. The van der Waals surface area contributed by atoms with Crippen molar-refractivity contribution < 1.29 is 4.79 Å². The summed E-state index contributed by atoms with van der Waals surface area (Å²) in [5.74, 6) is 0.574. The first-order valence-electron chi connectivity index (χ1n) is 7.99. The molecule has 1 heterocycles. The molecule has 1 fully saturated rings. The van der Waals surface area contributed by atoms with Crippen molar-refractivity contribution in [2.45, 2.75) is 45.4 Å². The van der Waals surface area contributed by atoms with Gasteiger partial charge in [0.05, 0.1) is 16.2 Å². The largest absolute Gasteiger partial charge is 0.324 e. The third kappa shape index (κ3) is 3.41. The Morgan fingerprint density at radius 2 is 2.00 bits per heavy atom. The second kappa shape index (κ2) is 6.66. The summed E-state index contributed by atoms with van der Waals surface area (Å²) in [6.45, 7) is 1.95. The average Bonchev–Trinajstić information content (AvgIpc) is 2.51. The van der Waals surface area contributed by atoms with Crippen molar-refractivity contribution >= 4 is 34.1 Å². The maximum absolute atomic E-state index is 12.4. The zero-order valence-corrected chi connectivity index (χ0v) is 13.6. The summed E-state index contributed by atoms with van der Waals surface area (Å²) in [5, 5.41) is 4.47. The lowest BCUT2D eigenvalue weighted by atomic mass is 9.87. The number of amides is 1. The fourth-order valence-corrected chi connectivity index (χ4v) is 3.46. The van der Waals surface area contributed by atoms with Crippen molar-refractivity contribution in [3.05, 3.63) is 35.0 Å². The molecule has 1 N–H and O–H groups in total. The molecule has 22 heavy (non-hydrogen) atoms. The van der Waals surface area contributed by atoms with Gasteiger partial charge in [0, 0.05) is 17.5 Å². The molecule has 1 aliphatic rings. The summed E-state index contributed by atoms with van der Waals surface area (Å²) in [6.07, 6.45) is 6.71. The Bertz CT molecular complexity index is 693. The third-order valence-electron chi connectivity index (χ3n) is 4.42. The molecular formula is C18H21ClN2O. The maximum Gasteiger partial charge on any atom is 0.224 e. The van der Waals surface area contributed by atoms with Gasteiger partial charge in [0.2, 0.25) is 5.91 Å². The summed E-state index contributed by atoms with van der Waals surface area (Å²) in [6, 6.07) is 7.60. The van der Waals surface area contributed by atoms with E-state index in [0.29, 0.717) is 23.0 Å². The molecule has 2 aromatic rings. The number of nitrogens with zero attached hydrogens (tertiary/aromatic N) is 1. The smallest absolute Gasteiger partial charge is 0.224 e. The maximum atomic E-state index is 12.4. The number of pyridine rings is 1. The van der Waals surface area contributed by atoms with Gasteiger partial charge in [-0.05, 0) is 49.9 Å². The molecule has 0 bridgehead atoms. The van der Waals surface area contributed by atoms with E-state index in [4.69, 9.17) is 11.6 Å². The van der Waals surface area contributed by atoms with Gasteiger partial charge in [-0.25, -0.2) is 0 Å². The van der Waals surface area contributed by atoms with Gasteiger partial charge in [-0.3, -0.25) is 9.78 Å². The van der Waals surface area contributed by atoms with Gasteiger partial charge in [-0.2, -0.15) is 0 Å². The van der Waals surface area contributed by atoms with Crippen LogP contribution in [0.5, 0.6) is 0 Å².